The fourth-order valence-corrected chi connectivity index (χ4v) is 3.80. The lowest BCUT2D eigenvalue weighted by Crippen LogP contribution is -2.27. The largest absolute Gasteiger partial charge is 0.456 e. The van der Waals surface area contributed by atoms with Gasteiger partial charge in [0.15, 0.2) is 11.5 Å². The van der Waals surface area contributed by atoms with Crippen LogP contribution in [-0.2, 0) is 11.3 Å². The number of aryl methyl sites for hydroxylation is 2. The predicted octanol–water partition coefficient (Wildman–Crippen LogP) is 4.13. The molecule has 8 heteroatoms. The van der Waals surface area contributed by atoms with Gasteiger partial charge in [0.2, 0.25) is 0 Å². The van der Waals surface area contributed by atoms with Gasteiger partial charge < -0.3 is 9.64 Å². The van der Waals surface area contributed by atoms with E-state index in [0.29, 0.717) is 11.4 Å². The molecule has 2 aromatic heterocycles. The van der Waals surface area contributed by atoms with E-state index in [0.717, 1.165) is 42.9 Å². The molecule has 0 atom stereocenters. The number of aromatic nitrogens is 3. The van der Waals surface area contributed by atoms with E-state index in [-0.39, 0.29) is 23.2 Å². The molecule has 3 heterocycles. The minimum Gasteiger partial charge on any atom is -0.456 e. The second-order valence-electron chi connectivity index (χ2n) is 7.61. The number of carbonyl (C=O) groups is 2. The summed E-state index contributed by atoms with van der Waals surface area (Å²) in [6.07, 6.45) is 2.11. The predicted molar refractivity (Wildman–Crippen MR) is 117 cm³/mol. The van der Waals surface area contributed by atoms with E-state index in [4.69, 9.17) is 16.3 Å². The van der Waals surface area contributed by atoms with Crippen LogP contribution in [0.5, 0.6) is 0 Å². The normalized spacial score (nSPS) is 13.5. The average Bonchev–Trinajstić information content (AvgIpc) is 3.42. The number of halogens is 1. The molecule has 0 N–H and O–H groups in total. The molecule has 1 saturated heterocycles. The van der Waals surface area contributed by atoms with Crippen LogP contribution in [0, 0.1) is 13.8 Å². The van der Waals surface area contributed by atoms with Crippen LogP contribution in [0.2, 0.25) is 5.02 Å². The summed E-state index contributed by atoms with van der Waals surface area (Å²) in [5, 5.41) is 4.59. The fourth-order valence-electron chi connectivity index (χ4n) is 3.62. The number of benzene rings is 1. The zero-order chi connectivity index (χ0) is 22.0. The lowest BCUT2D eigenvalue weighted by atomic mass is 10.1. The number of rotatable bonds is 5. The van der Waals surface area contributed by atoms with Gasteiger partial charge in [-0.3, -0.25) is 4.79 Å². The highest BCUT2D eigenvalue weighted by Gasteiger charge is 2.20. The Bertz CT molecular complexity index is 1120. The van der Waals surface area contributed by atoms with Crippen molar-refractivity contribution in [3.8, 4) is 5.82 Å². The SMILES string of the molecule is Cc1cc(C)n(-c2ccc(Cl)c(C(=O)OCc3ccc(C(=O)N4CCCC4)cc3)n2)n1. The molecule has 1 fully saturated rings. The van der Waals surface area contributed by atoms with E-state index in [1.165, 1.54) is 0 Å². The number of pyridine rings is 1. The highest BCUT2D eigenvalue weighted by atomic mass is 35.5. The number of amides is 1. The first-order chi connectivity index (χ1) is 14.9. The van der Waals surface area contributed by atoms with Gasteiger partial charge in [0.1, 0.15) is 6.61 Å². The highest BCUT2D eigenvalue weighted by Crippen LogP contribution is 2.20. The molecule has 31 heavy (non-hydrogen) atoms. The summed E-state index contributed by atoms with van der Waals surface area (Å²) < 4.78 is 7.06. The minimum absolute atomic E-state index is 0.0348. The van der Waals surface area contributed by atoms with Gasteiger partial charge in [-0.1, -0.05) is 23.7 Å². The van der Waals surface area contributed by atoms with Crippen LogP contribution in [0.4, 0.5) is 0 Å². The van der Waals surface area contributed by atoms with Gasteiger partial charge in [-0.15, -0.1) is 0 Å². The van der Waals surface area contributed by atoms with Crippen LogP contribution in [0.25, 0.3) is 5.82 Å². The van der Waals surface area contributed by atoms with Crippen LogP contribution >= 0.6 is 11.6 Å². The van der Waals surface area contributed by atoms with Crippen molar-refractivity contribution in [3.05, 3.63) is 75.7 Å². The zero-order valence-electron chi connectivity index (χ0n) is 17.5. The molecule has 1 amide bonds. The molecule has 160 valence electrons. The van der Waals surface area contributed by atoms with Gasteiger partial charge in [-0.25, -0.2) is 14.5 Å². The second kappa shape index (κ2) is 8.89. The monoisotopic (exact) mass is 438 g/mol. The Hall–Kier alpha value is -3.19. The maximum Gasteiger partial charge on any atom is 0.358 e. The van der Waals surface area contributed by atoms with Crippen molar-refractivity contribution in [3.63, 3.8) is 0 Å². The summed E-state index contributed by atoms with van der Waals surface area (Å²) in [7, 11) is 0. The molecule has 0 spiro atoms. The number of ether oxygens (including phenoxy) is 1. The Labute approximate surface area is 185 Å². The molecule has 3 aromatic rings. The van der Waals surface area contributed by atoms with Crippen molar-refractivity contribution >= 4 is 23.5 Å². The number of nitrogens with zero attached hydrogens (tertiary/aromatic N) is 4. The Morgan fingerprint density at radius 3 is 2.42 bits per heavy atom. The molecule has 4 rings (SSSR count). The van der Waals surface area contributed by atoms with Crippen molar-refractivity contribution in [2.75, 3.05) is 13.1 Å². The number of carbonyl (C=O) groups excluding carboxylic acids is 2. The van der Waals surface area contributed by atoms with E-state index in [2.05, 4.69) is 10.1 Å². The van der Waals surface area contributed by atoms with Crippen molar-refractivity contribution in [2.24, 2.45) is 0 Å². The number of hydrogen-bond acceptors (Lipinski definition) is 5. The quantitative estimate of drug-likeness (QED) is 0.560. The van der Waals surface area contributed by atoms with Crippen LogP contribution in [0.1, 0.15) is 50.6 Å². The molecule has 1 aliphatic heterocycles. The van der Waals surface area contributed by atoms with E-state index < -0.39 is 5.97 Å². The van der Waals surface area contributed by atoms with Crippen LogP contribution < -0.4 is 0 Å². The summed E-state index contributed by atoms with van der Waals surface area (Å²) in [6, 6.07) is 12.3. The first kappa shape index (κ1) is 21.1. The molecule has 0 aliphatic carbocycles. The third kappa shape index (κ3) is 4.61. The molecule has 0 radical (unpaired) electrons. The maximum atomic E-state index is 12.6. The van der Waals surface area contributed by atoms with Crippen molar-refractivity contribution in [2.45, 2.75) is 33.3 Å². The van der Waals surface area contributed by atoms with Gasteiger partial charge in [0.05, 0.1) is 10.7 Å². The van der Waals surface area contributed by atoms with Gasteiger partial charge >= 0.3 is 5.97 Å². The summed E-state index contributed by atoms with van der Waals surface area (Å²) in [5.74, 6) is -0.0877. The molecule has 7 nitrogen and oxygen atoms in total. The Balaban J connectivity index is 1.43. The minimum atomic E-state index is -0.620. The molecule has 0 saturated carbocycles. The standard InChI is InChI=1S/C23H23ClN4O3/c1-15-13-16(2)28(26-15)20-10-9-19(24)21(25-20)23(30)31-14-17-5-7-18(8-6-17)22(29)27-11-3-4-12-27/h5-10,13H,3-4,11-12,14H2,1-2H3. The molecule has 0 unspecified atom stereocenters. The third-order valence-electron chi connectivity index (χ3n) is 5.22. The molecule has 1 aliphatic rings. The summed E-state index contributed by atoms with van der Waals surface area (Å²) in [4.78, 5) is 31.2. The lowest BCUT2D eigenvalue weighted by Gasteiger charge is -2.15. The summed E-state index contributed by atoms with van der Waals surface area (Å²) in [5.41, 5.74) is 3.20. The fraction of sp³-hybridized carbons (Fsp3) is 0.304. The summed E-state index contributed by atoms with van der Waals surface area (Å²) in [6.45, 7) is 5.47. The number of hydrogen-bond donors (Lipinski definition) is 0. The maximum absolute atomic E-state index is 12.6. The zero-order valence-corrected chi connectivity index (χ0v) is 18.2. The molecular formula is C23H23ClN4O3. The first-order valence-electron chi connectivity index (χ1n) is 10.2. The van der Waals surface area contributed by atoms with Gasteiger partial charge in [0.25, 0.3) is 5.91 Å². The molecule has 1 aromatic carbocycles. The van der Waals surface area contributed by atoms with Crippen LogP contribution in [0.15, 0.2) is 42.5 Å². The Morgan fingerprint density at radius 1 is 1.06 bits per heavy atom. The average molecular weight is 439 g/mol. The smallest absolute Gasteiger partial charge is 0.358 e. The highest BCUT2D eigenvalue weighted by molar-refractivity contribution is 6.33. The third-order valence-corrected chi connectivity index (χ3v) is 5.52. The van der Waals surface area contributed by atoms with Gasteiger partial charge in [0, 0.05) is 24.3 Å². The van der Waals surface area contributed by atoms with Crippen molar-refractivity contribution < 1.29 is 14.3 Å². The van der Waals surface area contributed by atoms with Crippen molar-refractivity contribution in [1.29, 1.82) is 0 Å². The van der Waals surface area contributed by atoms with Gasteiger partial charge in [-0.2, -0.15) is 5.10 Å². The Morgan fingerprint density at radius 2 is 1.77 bits per heavy atom. The topological polar surface area (TPSA) is 77.3 Å². The number of likely N-dealkylation sites (tertiary alicyclic amines) is 1. The van der Waals surface area contributed by atoms with E-state index in [9.17, 15) is 9.59 Å². The summed E-state index contributed by atoms with van der Waals surface area (Å²) >= 11 is 6.19. The van der Waals surface area contributed by atoms with E-state index >= 15 is 0 Å². The van der Waals surface area contributed by atoms with Crippen LogP contribution in [-0.4, -0.2) is 44.6 Å². The first-order valence-corrected chi connectivity index (χ1v) is 10.6. The molecule has 0 bridgehead atoms. The lowest BCUT2D eigenvalue weighted by molar-refractivity contribution is 0.0465. The van der Waals surface area contributed by atoms with E-state index in [1.54, 1.807) is 41.1 Å². The number of esters is 1. The van der Waals surface area contributed by atoms with Crippen LogP contribution in [0.3, 0.4) is 0 Å². The molecular weight excluding hydrogens is 416 g/mol. The van der Waals surface area contributed by atoms with Gasteiger partial charge in [-0.05, 0) is 62.6 Å². The van der Waals surface area contributed by atoms with Crippen molar-refractivity contribution in [1.82, 2.24) is 19.7 Å². The second-order valence-corrected chi connectivity index (χ2v) is 8.02. The van der Waals surface area contributed by atoms with E-state index in [1.807, 2.05) is 24.8 Å². The Kier molecular flexibility index (Phi) is 6.04.